The third-order valence-corrected chi connectivity index (χ3v) is 7.30. The molecule has 18 N–H and O–H groups in total. The minimum atomic E-state index is -2.23. The molecular formula is C30H46N10O18. The molecule has 0 aliphatic rings. The standard InChI is InChI=1S/C30H46N10O18/c1-11(31)23(51)37-14(7-19(43)44)25(53)35-12(4-5-18(41)42)24(52)38-16(9-21(47)48)27(55)40-17(10-22(49)50)28(56)39-15(8-20(45)46)26(54)36-13(29(57)58)3-2-6-34-30(32)33/h11-17H,2-10,31H2,1H3,(H,35,53)(H,36,54)(H,37,51)(H,38,52)(H,39,56)(H,40,55)(H,41,42)(H,43,44)(H,45,46)(H,47,48)(H,49,50)(H,57,58)(H4,32,33,34)/t11-,12-,13-,14-,15-,16-,17-/m0/s1. The smallest absolute Gasteiger partial charge is 0.326 e. The van der Waals surface area contributed by atoms with E-state index >= 15 is 0 Å². The lowest BCUT2D eigenvalue weighted by atomic mass is 10.1. The molecule has 0 heterocycles. The van der Waals surface area contributed by atoms with Gasteiger partial charge in [-0.05, 0) is 26.2 Å². The molecule has 0 saturated carbocycles. The van der Waals surface area contributed by atoms with E-state index in [0.717, 1.165) is 0 Å². The largest absolute Gasteiger partial charge is 0.481 e. The normalized spacial score (nSPS) is 14.2. The minimum absolute atomic E-state index is 0.0101. The molecule has 0 aromatic heterocycles. The van der Waals surface area contributed by atoms with Crippen LogP contribution in [-0.2, 0) is 57.5 Å². The van der Waals surface area contributed by atoms with E-state index in [2.05, 4.69) is 4.99 Å². The van der Waals surface area contributed by atoms with Crippen LogP contribution in [0, 0.1) is 0 Å². The Hall–Kier alpha value is -7.13. The van der Waals surface area contributed by atoms with Crippen LogP contribution in [0.5, 0.6) is 0 Å². The number of nitrogens with two attached hydrogens (primary N) is 3. The number of aliphatic imine (C=N–C) groups is 1. The molecule has 6 amide bonds. The fraction of sp³-hybridized carbons (Fsp3) is 0.567. The van der Waals surface area contributed by atoms with Crippen molar-refractivity contribution in [1.82, 2.24) is 31.9 Å². The maximum atomic E-state index is 13.3. The van der Waals surface area contributed by atoms with Gasteiger partial charge < -0.3 is 79.7 Å². The van der Waals surface area contributed by atoms with Crippen molar-refractivity contribution in [2.45, 2.75) is 101 Å². The number of guanidine groups is 1. The Morgan fingerprint density at radius 3 is 1.07 bits per heavy atom. The van der Waals surface area contributed by atoms with Crippen LogP contribution in [0.2, 0.25) is 0 Å². The van der Waals surface area contributed by atoms with Crippen LogP contribution < -0.4 is 49.1 Å². The van der Waals surface area contributed by atoms with Gasteiger partial charge in [-0.15, -0.1) is 0 Å². The third-order valence-electron chi connectivity index (χ3n) is 7.30. The quantitative estimate of drug-likeness (QED) is 0.0198. The summed E-state index contributed by atoms with van der Waals surface area (Å²) in [6.07, 6.45) is -6.73. The molecule has 0 aliphatic heterocycles. The van der Waals surface area contributed by atoms with Crippen molar-refractivity contribution in [2.24, 2.45) is 22.2 Å². The summed E-state index contributed by atoms with van der Waals surface area (Å²) < 4.78 is 0. The van der Waals surface area contributed by atoms with Crippen LogP contribution in [0.15, 0.2) is 4.99 Å². The summed E-state index contributed by atoms with van der Waals surface area (Å²) in [5, 5.41) is 67.6. The number of amides is 6. The average molecular weight is 835 g/mol. The molecule has 28 heteroatoms. The minimum Gasteiger partial charge on any atom is -0.481 e. The van der Waals surface area contributed by atoms with Gasteiger partial charge in [-0.1, -0.05) is 0 Å². The first-order valence-electron chi connectivity index (χ1n) is 16.8. The summed E-state index contributed by atoms with van der Waals surface area (Å²) in [4.78, 5) is 151. The van der Waals surface area contributed by atoms with Gasteiger partial charge in [0.1, 0.15) is 36.3 Å². The number of nitrogens with zero attached hydrogens (tertiary/aromatic N) is 1. The van der Waals surface area contributed by atoms with E-state index in [4.69, 9.17) is 22.3 Å². The molecular weight excluding hydrogens is 788 g/mol. The molecule has 0 radical (unpaired) electrons. The Labute approximate surface area is 326 Å². The van der Waals surface area contributed by atoms with Crippen LogP contribution in [0.1, 0.15) is 58.3 Å². The van der Waals surface area contributed by atoms with Crippen LogP contribution in [0.3, 0.4) is 0 Å². The SMILES string of the molecule is C[C@H](N)C(=O)N[C@@H](CC(=O)O)C(=O)N[C@@H](CCC(=O)O)C(=O)N[C@@H](CC(=O)O)C(=O)N[C@@H](CC(=O)O)C(=O)N[C@@H](CC(=O)O)C(=O)N[C@@H](CCCN=C(N)N)C(=O)O. The van der Waals surface area contributed by atoms with Crippen molar-refractivity contribution in [3.8, 4) is 0 Å². The van der Waals surface area contributed by atoms with Gasteiger partial charge in [0.25, 0.3) is 0 Å². The highest BCUT2D eigenvalue weighted by Gasteiger charge is 2.36. The zero-order valence-electron chi connectivity index (χ0n) is 30.7. The lowest BCUT2D eigenvalue weighted by molar-refractivity contribution is -0.145. The number of hydrogen-bond acceptors (Lipinski definition) is 14. The number of nitrogens with one attached hydrogen (secondary N) is 6. The first kappa shape index (κ1) is 50.9. The van der Waals surface area contributed by atoms with Crippen molar-refractivity contribution in [3.05, 3.63) is 0 Å². The predicted molar refractivity (Wildman–Crippen MR) is 189 cm³/mol. The highest BCUT2D eigenvalue weighted by Crippen LogP contribution is 2.07. The molecule has 7 atom stereocenters. The van der Waals surface area contributed by atoms with E-state index < -0.39 is 152 Å². The number of aliphatic carboxylic acids is 6. The Morgan fingerprint density at radius 2 is 0.776 bits per heavy atom. The number of carboxylic acid groups (broad SMARTS) is 6. The number of rotatable bonds is 28. The molecule has 0 aromatic rings. The summed E-state index contributed by atoms with van der Waals surface area (Å²) in [7, 11) is 0. The van der Waals surface area contributed by atoms with Crippen molar-refractivity contribution in [1.29, 1.82) is 0 Å². The fourth-order valence-corrected chi connectivity index (χ4v) is 4.50. The first-order chi connectivity index (χ1) is 26.8. The second-order valence-electron chi connectivity index (χ2n) is 12.3. The summed E-state index contributed by atoms with van der Waals surface area (Å²) in [5.74, 6) is -18.6. The topological polar surface area (TPSA) is 489 Å². The van der Waals surface area contributed by atoms with Gasteiger partial charge in [0.2, 0.25) is 35.4 Å². The zero-order chi connectivity index (χ0) is 44.9. The van der Waals surface area contributed by atoms with Crippen LogP contribution >= 0.6 is 0 Å². The maximum absolute atomic E-state index is 13.3. The second-order valence-corrected chi connectivity index (χ2v) is 12.3. The summed E-state index contributed by atoms with van der Waals surface area (Å²) in [6, 6.07) is -13.3. The molecule has 0 aromatic carbocycles. The van der Waals surface area contributed by atoms with E-state index in [-0.39, 0.29) is 25.3 Å². The van der Waals surface area contributed by atoms with E-state index in [1.54, 1.807) is 0 Å². The molecule has 28 nitrogen and oxygen atoms in total. The fourth-order valence-electron chi connectivity index (χ4n) is 4.50. The molecule has 0 rings (SSSR count). The Bertz CT molecular complexity index is 1620. The Kier molecular flexibility index (Phi) is 22.0. The van der Waals surface area contributed by atoms with Crippen molar-refractivity contribution < 1.29 is 88.2 Å². The zero-order valence-corrected chi connectivity index (χ0v) is 30.7. The van der Waals surface area contributed by atoms with E-state index in [1.165, 1.54) is 6.92 Å². The highest BCUT2D eigenvalue weighted by molar-refractivity contribution is 5.99. The van der Waals surface area contributed by atoms with Gasteiger partial charge in [0.15, 0.2) is 5.96 Å². The molecule has 0 spiro atoms. The maximum Gasteiger partial charge on any atom is 0.326 e. The number of hydrogen-bond donors (Lipinski definition) is 15. The molecule has 0 saturated heterocycles. The highest BCUT2D eigenvalue weighted by atomic mass is 16.4. The van der Waals surface area contributed by atoms with Crippen molar-refractivity contribution in [2.75, 3.05) is 6.54 Å². The van der Waals surface area contributed by atoms with Crippen LogP contribution in [0.4, 0.5) is 0 Å². The third kappa shape index (κ3) is 21.1. The lowest BCUT2D eigenvalue weighted by Gasteiger charge is -2.26. The van der Waals surface area contributed by atoms with Gasteiger partial charge in [-0.25, -0.2) is 4.79 Å². The van der Waals surface area contributed by atoms with Gasteiger partial charge in [-0.3, -0.25) is 57.7 Å². The first-order valence-corrected chi connectivity index (χ1v) is 16.8. The molecule has 0 fully saturated rings. The summed E-state index contributed by atoms with van der Waals surface area (Å²) in [5.41, 5.74) is 15.8. The molecule has 0 aliphatic carbocycles. The van der Waals surface area contributed by atoms with E-state index in [1.807, 2.05) is 31.9 Å². The van der Waals surface area contributed by atoms with Crippen molar-refractivity contribution >= 4 is 77.2 Å². The van der Waals surface area contributed by atoms with Crippen molar-refractivity contribution in [3.63, 3.8) is 0 Å². The molecule has 0 unspecified atom stereocenters. The average Bonchev–Trinajstić information content (AvgIpc) is 3.08. The lowest BCUT2D eigenvalue weighted by Crippen LogP contribution is -2.60. The van der Waals surface area contributed by atoms with E-state index in [9.17, 15) is 83.1 Å². The molecule has 324 valence electrons. The second kappa shape index (κ2) is 25.1. The van der Waals surface area contributed by atoms with Crippen LogP contribution in [0.25, 0.3) is 0 Å². The molecule has 58 heavy (non-hydrogen) atoms. The predicted octanol–water partition coefficient (Wildman–Crippen LogP) is -6.86. The van der Waals surface area contributed by atoms with Gasteiger partial charge >= 0.3 is 35.8 Å². The van der Waals surface area contributed by atoms with Crippen LogP contribution in [-0.4, -0.2) is 157 Å². The monoisotopic (exact) mass is 834 g/mol. The summed E-state index contributed by atoms with van der Waals surface area (Å²) in [6.45, 7) is 1.13. The molecule has 0 bridgehead atoms. The van der Waals surface area contributed by atoms with Gasteiger partial charge in [-0.2, -0.15) is 0 Å². The number of carbonyl (C=O) groups excluding carboxylic acids is 6. The van der Waals surface area contributed by atoms with Gasteiger partial charge in [0, 0.05) is 13.0 Å². The van der Waals surface area contributed by atoms with E-state index in [0.29, 0.717) is 0 Å². The summed E-state index contributed by atoms with van der Waals surface area (Å²) >= 11 is 0. The number of carboxylic acids is 6. The Morgan fingerprint density at radius 1 is 0.466 bits per heavy atom. The Balaban J connectivity index is 6.40. The number of carbonyl (C=O) groups is 12. The van der Waals surface area contributed by atoms with Gasteiger partial charge in [0.05, 0.1) is 31.7 Å².